The Morgan fingerprint density at radius 2 is 1.50 bits per heavy atom. The number of ketones is 1. The molecule has 3 heteroatoms. The van der Waals surface area contributed by atoms with Crippen LogP contribution in [0.15, 0.2) is 60.7 Å². The van der Waals surface area contributed by atoms with Crippen molar-refractivity contribution in [3.63, 3.8) is 0 Å². The average molecular weight is 263 g/mol. The predicted molar refractivity (Wildman–Crippen MR) is 78.1 cm³/mol. The van der Waals surface area contributed by atoms with E-state index in [2.05, 4.69) is 0 Å². The van der Waals surface area contributed by atoms with Crippen LogP contribution in [0.25, 0.3) is 5.70 Å². The second-order valence-electron chi connectivity index (χ2n) is 4.74. The maximum absolute atomic E-state index is 12.1. The third-order valence-corrected chi connectivity index (χ3v) is 3.28. The molecule has 98 valence electrons. The number of rotatable bonds is 2. The van der Waals surface area contributed by atoms with Crippen molar-refractivity contribution >= 4 is 23.1 Å². The lowest BCUT2D eigenvalue weighted by molar-refractivity contribution is -0.132. The molecule has 0 spiro atoms. The molecule has 2 aromatic rings. The van der Waals surface area contributed by atoms with Crippen LogP contribution in [-0.2, 0) is 9.59 Å². The highest BCUT2D eigenvalue weighted by molar-refractivity contribution is 6.52. The summed E-state index contributed by atoms with van der Waals surface area (Å²) >= 11 is 0. The maximum Gasteiger partial charge on any atom is 0.303 e. The fourth-order valence-electron chi connectivity index (χ4n) is 2.24. The molecule has 1 amide bonds. The van der Waals surface area contributed by atoms with E-state index in [9.17, 15) is 9.59 Å². The lowest BCUT2D eigenvalue weighted by atomic mass is 10.1. The first-order valence-electron chi connectivity index (χ1n) is 6.39. The van der Waals surface area contributed by atoms with E-state index in [-0.39, 0.29) is 0 Å². The Labute approximate surface area is 117 Å². The molecule has 0 N–H and O–H groups in total. The topological polar surface area (TPSA) is 37.4 Å². The van der Waals surface area contributed by atoms with Crippen molar-refractivity contribution in [3.05, 3.63) is 71.8 Å². The summed E-state index contributed by atoms with van der Waals surface area (Å²) in [6.45, 7) is 1.98. The first kappa shape index (κ1) is 12.4. The molecule has 0 atom stereocenters. The van der Waals surface area contributed by atoms with Crippen LogP contribution < -0.4 is 4.90 Å². The molecule has 1 aliphatic rings. The molecule has 0 radical (unpaired) electrons. The number of aryl methyl sites for hydroxylation is 1. The Balaban J connectivity index is 2.08. The van der Waals surface area contributed by atoms with Crippen molar-refractivity contribution in [2.24, 2.45) is 0 Å². The number of benzene rings is 2. The highest BCUT2D eigenvalue weighted by Gasteiger charge is 2.32. The summed E-state index contributed by atoms with van der Waals surface area (Å²) in [5, 5.41) is 0. The van der Waals surface area contributed by atoms with Crippen molar-refractivity contribution in [1.82, 2.24) is 0 Å². The molecule has 20 heavy (non-hydrogen) atoms. The van der Waals surface area contributed by atoms with E-state index >= 15 is 0 Å². The number of nitrogens with zero attached hydrogens (tertiary/aromatic N) is 1. The summed E-state index contributed by atoms with van der Waals surface area (Å²) in [7, 11) is 0. The molecule has 3 rings (SSSR count). The van der Waals surface area contributed by atoms with Crippen molar-refractivity contribution in [2.45, 2.75) is 6.92 Å². The molecule has 1 aliphatic heterocycles. The van der Waals surface area contributed by atoms with E-state index in [1.165, 1.54) is 11.0 Å². The van der Waals surface area contributed by atoms with E-state index in [1.807, 2.05) is 61.5 Å². The summed E-state index contributed by atoms with van der Waals surface area (Å²) in [5.74, 6) is -0.989. The third-order valence-electron chi connectivity index (χ3n) is 3.28. The van der Waals surface area contributed by atoms with E-state index < -0.39 is 11.7 Å². The van der Waals surface area contributed by atoms with Crippen molar-refractivity contribution in [1.29, 1.82) is 0 Å². The van der Waals surface area contributed by atoms with Crippen molar-refractivity contribution in [2.75, 3.05) is 4.90 Å². The Hall–Kier alpha value is -2.68. The molecule has 1 heterocycles. The number of carbonyl (C=O) groups excluding carboxylic acids is 2. The maximum atomic E-state index is 12.1. The van der Waals surface area contributed by atoms with E-state index in [0.717, 1.165) is 11.1 Å². The van der Waals surface area contributed by atoms with Gasteiger partial charge in [0.15, 0.2) is 0 Å². The van der Waals surface area contributed by atoms with Crippen LogP contribution >= 0.6 is 0 Å². The molecule has 0 bridgehead atoms. The molecule has 0 aliphatic carbocycles. The van der Waals surface area contributed by atoms with Gasteiger partial charge in [-0.25, -0.2) is 0 Å². The van der Waals surface area contributed by atoms with Crippen LogP contribution in [0.4, 0.5) is 5.69 Å². The monoisotopic (exact) mass is 263 g/mol. The van der Waals surface area contributed by atoms with E-state index in [0.29, 0.717) is 11.4 Å². The summed E-state index contributed by atoms with van der Waals surface area (Å²) in [5.41, 5.74) is 3.30. The standard InChI is InChI=1S/C17H13NO2/c1-12-7-9-14(10-8-12)18-15(11-16(19)17(18)20)13-5-3-2-4-6-13/h2-11H,1H3. The Kier molecular flexibility index (Phi) is 2.95. The number of anilines is 1. The quantitative estimate of drug-likeness (QED) is 0.781. The Morgan fingerprint density at radius 3 is 2.15 bits per heavy atom. The molecule has 0 fully saturated rings. The Bertz CT molecular complexity index is 700. The molecular weight excluding hydrogens is 250 g/mol. The molecule has 0 saturated heterocycles. The zero-order chi connectivity index (χ0) is 14.1. The first-order chi connectivity index (χ1) is 9.66. The summed E-state index contributed by atoms with van der Waals surface area (Å²) < 4.78 is 0. The number of hydrogen-bond acceptors (Lipinski definition) is 2. The third kappa shape index (κ3) is 2.03. The zero-order valence-corrected chi connectivity index (χ0v) is 11.0. The summed E-state index contributed by atoms with van der Waals surface area (Å²) in [4.78, 5) is 25.3. The number of hydrogen-bond donors (Lipinski definition) is 0. The van der Waals surface area contributed by atoms with Gasteiger partial charge in [0.1, 0.15) is 0 Å². The minimum absolute atomic E-state index is 0.482. The van der Waals surface area contributed by atoms with Crippen LogP contribution in [0, 0.1) is 6.92 Å². The molecule has 2 aromatic carbocycles. The van der Waals surface area contributed by atoms with Crippen LogP contribution in [0.2, 0.25) is 0 Å². The minimum atomic E-state index is -0.507. The number of carbonyl (C=O) groups is 2. The molecule has 0 aromatic heterocycles. The molecule has 3 nitrogen and oxygen atoms in total. The fourth-order valence-corrected chi connectivity index (χ4v) is 2.24. The fraction of sp³-hybridized carbons (Fsp3) is 0.0588. The van der Waals surface area contributed by atoms with Gasteiger partial charge in [0.05, 0.1) is 5.70 Å². The van der Waals surface area contributed by atoms with Crippen LogP contribution in [-0.4, -0.2) is 11.7 Å². The lowest BCUT2D eigenvalue weighted by Crippen LogP contribution is -2.28. The van der Waals surface area contributed by atoms with Gasteiger partial charge in [-0.2, -0.15) is 0 Å². The van der Waals surface area contributed by atoms with Gasteiger partial charge in [0.25, 0.3) is 0 Å². The highest BCUT2D eigenvalue weighted by atomic mass is 16.2. The second-order valence-corrected chi connectivity index (χ2v) is 4.74. The largest absolute Gasteiger partial charge is 0.303 e. The van der Waals surface area contributed by atoms with Gasteiger partial charge in [-0.05, 0) is 24.6 Å². The Morgan fingerprint density at radius 1 is 0.850 bits per heavy atom. The summed E-state index contributed by atoms with van der Waals surface area (Å²) in [6.07, 6.45) is 1.40. The smallest absolute Gasteiger partial charge is 0.284 e. The number of amides is 1. The molecule has 0 unspecified atom stereocenters. The van der Waals surface area contributed by atoms with Crippen molar-refractivity contribution < 1.29 is 9.59 Å². The van der Waals surface area contributed by atoms with Gasteiger partial charge < -0.3 is 0 Å². The normalized spacial score (nSPS) is 14.7. The van der Waals surface area contributed by atoms with Gasteiger partial charge in [-0.1, -0.05) is 48.0 Å². The molecular formula is C17H13NO2. The van der Waals surface area contributed by atoms with Crippen LogP contribution in [0.3, 0.4) is 0 Å². The lowest BCUT2D eigenvalue weighted by Gasteiger charge is -2.20. The van der Waals surface area contributed by atoms with Crippen LogP contribution in [0.1, 0.15) is 11.1 Å². The van der Waals surface area contributed by atoms with Gasteiger partial charge in [-0.15, -0.1) is 0 Å². The van der Waals surface area contributed by atoms with E-state index in [1.54, 1.807) is 0 Å². The van der Waals surface area contributed by atoms with Crippen molar-refractivity contribution in [3.8, 4) is 0 Å². The van der Waals surface area contributed by atoms with Gasteiger partial charge in [0.2, 0.25) is 5.78 Å². The first-order valence-corrected chi connectivity index (χ1v) is 6.39. The SMILES string of the molecule is Cc1ccc(N2C(=O)C(=O)C=C2c2ccccc2)cc1. The predicted octanol–water partition coefficient (Wildman–Crippen LogP) is 2.95. The summed E-state index contributed by atoms with van der Waals surface area (Å²) in [6, 6.07) is 17.0. The highest BCUT2D eigenvalue weighted by Crippen LogP contribution is 2.30. The molecule has 0 saturated carbocycles. The van der Waals surface area contributed by atoms with Gasteiger partial charge in [-0.3, -0.25) is 14.5 Å². The zero-order valence-electron chi connectivity index (χ0n) is 11.0. The minimum Gasteiger partial charge on any atom is -0.284 e. The van der Waals surface area contributed by atoms with E-state index in [4.69, 9.17) is 0 Å². The second kappa shape index (κ2) is 4.78. The van der Waals surface area contributed by atoms with Crippen LogP contribution in [0.5, 0.6) is 0 Å². The average Bonchev–Trinajstić information content (AvgIpc) is 2.77. The van der Waals surface area contributed by atoms with Gasteiger partial charge >= 0.3 is 5.91 Å². The van der Waals surface area contributed by atoms with Gasteiger partial charge in [0, 0.05) is 11.8 Å².